The van der Waals surface area contributed by atoms with E-state index in [4.69, 9.17) is 4.74 Å². The lowest BCUT2D eigenvalue weighted by Gasteiger charge is -2.23. The minimum atomic E-state index is 0.776. The highest BCUT2D eigenvalue weighted by Gasteiger charge is 2.12. The highest BCUT2D eigenvalue weighted by molar-refractivity contribution is 5.32. The Morgan fingerprint density at radius 1 is 1.19 bits per heavy atom. The molecule has 1 aliphatic rings. The summed E-state index contributed by atoms with van der Waals surface area (Å²) in [6.07, 6.45) is 8.20. The summed E-state index contributed by atoms with van der Waals surface area (Å²) < 4.78 is 5.41. The van der Waals surface area contributed by atoms with Gasteiger partial charge >= 0.3 is 0 Å². The standard InChI is InChI=1S/C18H30N2O/c1-20(15-16-9-6-7-12-18(16)21-2)14-8-13-19-17-10-4-3-5-11-17/h6-7,9,12,17,19H,3-5,8,10-11,13-15H2,1-2H3. The summed E-state index contributed by atoms with van der Waals surface area (Å²) in [6.45, 7) is 3.21. The number of rotatable bonds is 8. The molecule has 0 atom stereocenters. The molecule has 1 fully saturated rings. The second-order valence-electron chi connectivity index (χ2n) is 6.19. The van der Waals surface area contributed by atoms with Crippen LogP contribution in [0.25, 0.3) is 0 Å². The monoisotopic (exact) mass is 290 g/mol. The Morgan fingerprint density at radius 3 is 2.71 bits per heavy atom. The fourth-order valence-electron chi connectivity index (χ4n) is 3.17. The summed E-state index contributed by atoms with van der Waals surface area (Å²) in [7, 11) is 3.93. The Hall–Kier alpha value is -1.06. The molecule has 1 aromatic rings. The van der Waals surface area contributed by atoms with E-state index < -0.39 is 0 Å². The van der Waals surface area contributed by atoms with E-state index in [1.54, 1.807) is 7.11 Å². The summed E-state index contributed by atoms with van der Waals surface area (Å²) in [4.78, 5) is 2.38. The van der Waals surface area contributed by atoms with Crippen LogP contribution in [0, 0.1) is 0 Å². The zero-order valence-corrected chi connectivity index (χ0v) is 13.6. The molecule has 0 radical (unpaired) electrons. The number of ether oxygens (including phenoxy) is 1. The van der Waals surface area contributed by atoms with Crippen LogP contribution in [0.4, 0.5) is 0 Å². The summed E-state index contributed by atoms with van der Waals surface area (Å²) in [5.41, 5.74) is 1.27. The SMILES string of the molecule is COc1ccccc1CN(C)CCCNC1CCCCC1. The van der Waals surface area contributed by atoms with Crippen molar-refractivity contribution in [1.29, 1.82) is 0 Å². The quantitative estimate of drug-likeness (QED) is 0.742. The lowest BCUT2D eigenvalue weighted by Crippen LogP contribution is -2.33. The number of nitrogens with one attached hydrogen (secondary N) is 1. The van der Waals surface area contributed by atoms with E-state index in [0.717, 1.165) is 31.4 Å². The number of hydrogen-bond donors (Lipinski definition) is 1. The third-order valence-corrected chi connectivity index (χ3v) is 4.39. The molecule has 1 aromatic carbocycles. The normalized spacial score (nSPS) is 16.3. The van der Waals surface area contributed by atoms with Gasteiger partial charge in [0.2, 0.25) is 0 Å². The van der Waals surface area contributed by atoms with Crippen molar-refractivity contribution in [3.8, 4) is 5.75 Å². The number of methoxy groups -OCH3 is 1. The molecule has 0 heterocycles. The van der Waals surface area contributed by atoms with E-state index in [2.05, 4.69) is 29.4 Å². The van der Waals surface area contributed by atoms with Crippen LogP contribution in [0.15, 0.2) is 24.3 Å². The largest absolute Gasteiger partial charge is 0.496 e. The third-order valence-electron chi connectivity index (χ3n) is 4.39. The first-order chi connectivity index (χ1) is 10.3. The lowest BCUT2D eigenvalue weighted by atomic mass is 9.95. The molecular weight excluding hydrogens is 260 g/mol. The summed E-state index contributed by atoms with van der Waals surface area (Å²) in [5, 5.41) is 3.71. The maximum absolute atomic E-state index is 5.41. The summed E-state index contributed by atoms with van der Waals surface area (Å²) in [5.74, 6) is 0.990. The van der Waals surface area contributed by atoms with Crippen molar-refractivity contribution < 1.29 is 4.74 Å². The molecular formula is C18H30N2O. The Morgan fingerprint density at radius 2 is 1.95 bits per heavy atom. The fraction of sp³-hybridized carbons (Fsp3) is 0.667. The molecule has 0 bridgehead atoms. The second kappa shape index (κ2) is 9.06. The predicted octanol–water partition coefficient (Wildman–Crippen LogP) is 3.44. The van der Waals surface area contributed by atoms with Gasteiger partial charge in [-0.25, -0.2) is 0 Å². The van der Waals surface area contributed by atoms with Crippen LogP contribution < -0.4 is 10.1 Å². The maximum Gasteiger partial charge on any atom is 0.123 e. The molecule has 0 aromatic heterocycles. The Kier molecular flexibility index (Phi) is 7.04. The topological polar surface area (TPSA) is 24.5 Å². The first kappa shape index (κ1) is 16.3. The summed E-state index contributed by atoms with van der Waals surface area (Å²) in [6, 6.07) is 9.06. The van der Waals surface area contributed by atoms with Crippen molar-refractivity contribution in [2.75, 3.05) is 27.2 Å². The van der Waals surface area contributed by atoms with Crippen molar-refractivity contribution in [3.63, 3.8) is 0 Å². The molecule has 0 amide bonds. The fourth-order valence-corrected chi connectivity index (χ4v) is 3.17. The molecule has 1 N–H and O–H groups in total. The Labute approximate surface area is 129 Å². The molecule has 2 rings (SSSR count). The van der Waals surface area contributed by atoms with Crippen molar-refractivity contribution >= 4 is 0 Å². The molecule has 1 aliphatic carbocycles. The highest BCUT2D eigenvalue weighted by atomic mass is 16.5. The van der Waals surface area contributed by atoms with Crippen LogP contribution in [0.5, 0.6) is 5.75 Å². The van der Waals surface area contributed by atoms with E-state index in [1.807, 2.05) is 12.1 Å². The van der Waals surface area contributed by atoms with Crippen molar-refractivity contribution in [1.82, 2.24) is 10.2 Å². The van der Waals surface area contributed by atoms with Crippen LogP contribution in [0.1, 0.15) is 44.1 Å². The molecule has 0 spiro atoms. The van der Waals surface area contributed by atoms with Gasteiger partial charge in [-0.1, -0.05) is 37.5 Å². The van der Waals surface area contributed by atoms with Gasteiger partial charge in [0.05, 0.1) is 7.11 Å². The predicted molar refractivity (Wildman–Crippen MR) is 88.8 cm³/mol. The van der Waals surface area contributed by atoms with Gasteiger partial charge in [0.25, 0.3) is 0 Å². The molecule has 0 aliphatic heterocycles. The van der Waals surface area contributed by atoms with E-state index in [9.17, 15) is 0 Å². The molecule has 0 unspecified atom stereocenters. The van der Waals surface area contributed by atoms with Crippen molar-refractivity contribution in [2.45, 2.75) is 51.1 Å². The van der Waals surface area contributed by atoms with Crippen LogP contribution in [-0.4, -0.2) is 38.2 Å². The molecule has 1 saturated carbocycles. The van der Waals surface area contributed by atoms with Gasteiger partial charge in [-0.2, -0.15) is 0 Å². The third kappa shape index (κ3) is 5.68. The van der Waals surface area contributed by atoms with E-state index >= 15 is 0 Å². The van der Waals surface area contributed by atoms with Gasteiger partial charge in [0, 0.05) is 18.2 Å². The first-order valence-electron chi connectivity index (χ1n) is 8.33. The van der Waals surface area contributed by atoms with Crippen LogP contribution in [0.3, 0.4) is 0 Å². The second-order valence-corrected chi connectivity index (χ2v) is 6.19. The zero-order valence-electron chi connectivity index (χ0n) is 13.6. The van der Waals surface area contributed by atoms with Crippen LogP contribution >= 0.6 is 0 Å². The van der Waals surface area contributed by atoms with E-state index in [0.29, 0.717) is 0 Å². The minimum Gasteiger partial charge on any atom is -0.496 e. The average Bonchev–Trinajstić information content (AvgIpc) is 2.53. The molecule has 3 heteroatoms. The molecule has 3 nitrogen and oxygen atoms in total. The van der Waals surface area contributed by atoms with Crippen LogP contribution in [0.2, 0.25) is 0 Å². The maximum atomic E-state index is 5.41. The smallest absolute Gasteiger partial charge is 0.123 e. The number of hydrogen-bond acceptors (Lipinski definition) is 3. The van der Waals surface area contributed by atoms with Crippen molar-refractivity contribution in [3.05, 3.63) is 29.8 Å². The number of nitrogens with zero attached hydrogens (tertiary/aromatic N) is 1. The number of benzene rings is 1. The zero-order chi connectivity index (χ0) is 14.9. The van der Waals surface area contributed by atoms with Gasteiger partial charge in [0.1, 0.15) is 5.75 Å². The highest BCUT2D eigenvalue weighted by Crippen LogP contribution is 2.19. The average molecular weight is 290 g/mol. The molecule has 0 saturated heterocycles. The minimum absolute atomic E-state index is 0.776. The molecule has 118 valence electrons. The Balaban J connectivity index is 1.64. The van der Waals surface area contributed by atoms with Gasteiger partial charge in [0.15, 0.2) is 0 Å². The van der Waals surface area contributed by atoms with Gasteiger partial charge < -0.3 is 15.0 Å². The first-order valence-corrected chi connectivity index (χ1v) is 8.33. The Bertz CT molecular complexity index is 402. The van der Waals surface area contributed by atoms with Gasteiger partial charge in [-0.05, 0) is 45.5 Å². The molecule has 21 heavy (non-hydrogen) atoms. The lowest BCUT2D eigenvalue weighted by molar-refractivity contribution is 0.302. The van der Waals surface area contributed by atoms with Gasteiger partial charge in [-0.3, -0.25) is 0 Å². The number of para-hydroxylation sites is 1. The van der Waals surface area contributed by atoms with Gasteiger partial charge in [-0.15, -0.1) is 0 Å². The van der Waals surface area contributed by atoms with Crippen molar-refractivity contribution in [2.24, 2.45) is 0 Å². The summed E-state index contributed by atoms with van der Waals surface area (Å²) >= 11 is 0. The van der Waals surface area contributed by atoms with E-state index in [-0.39, 0.29) is 0 Å². The van der Waals surface area contributed by atoms with E-state index in [1.165, 1.54) is 44.1 Å². The van der Waals surface area contributed by atoms with Crippen LogP contribution in [-0.2, 0) is 6.54 Å².